The summed E-state index contributed by atoms with van der Waals surface area (Å²) in [4.78, 5) is 24.3. The maximum atomic E-state index is 11.8. The number of benzene rings is 1. The van der Waals surface area contributed by atoms with Gasteiger partial charge in [0.1, 0.15) is 0 Å². The molecule has 5 nitrogen and oxygen atoms in total. The highest BCUT2D eigenvalue weighted by Gasteiger charge is 2.14. The van der Waals surface area contributed by atoms with E-state index in [1.54, 1.807) is 19.1 Å². The van der Waals surface area contributed by atoms with Crippen LogP contribution in [0, 0.1) is 0 Å². The monoisotopic (exact) mass is 389 g/mol. The zero-order chi connectivity index (χ0) is 17.0. The zero-order valence-electron chi connectivity index (χ0n) is 11.7. The fourth-order valence-corrected chi connectivity index (χ4v) is 2.80. The molecular formula is C14H10Cl3N3O2S. The van der Waals surface area contributed by atoms with Crippen LogP contribution >= 0.6 is 46.1 Å². The van der Waals surface area contributed by atoms with Crippen LogP contribution in [0.25, 0.3) is 0 Å². The summed E-state index contributed by atoms with van der Waals surface area (Å²) in [7, 11) is 0. The number of amides is 2. The number of thiophene rings is 1. The summed E-state index contributed by atoms with van der Waals surface area (Å²) >= 11 is 18.7. The number of anilines is 1. The Morgan fingerprint density at radius 3 is 2.39 bits per heavy atom. The van der Waals surface area contributed by atoms with Crippen LogP contribution in [0.1, 0.15) is 11.8 Å². The fraction of sp³-hybridized carbons (Fsp3) is 0.0714. The van der Waals surface area contributed by atoms with Gasteiger partial charge in [0.2, 0.25) is 0 Å². The molecule has 0 saturated carbocycles. The molecular weight excluding hydrogens is 381 g/mol. The smallest absolute Gasteiger partial charge is 0.318 e. The molecule has 2 N–H and O–H groups in total. The van der Waals surface area contributed by atoms with Crippen molar-refractivity contribution in [3.05, 3.63) is 49.6 Å². The van der Waals surface area contributed by atoms with Gasteiger partial charge in [-0.05, 0) is 37.3 Å². The first-order valence-electron chi connectivity index (χ1n) is 6.23. The Morgan fingerprint density at radius 2 is 1.78 bits per heavy atom. The summed E-state index contributed by atoms with van der Waals surface area (Å²) in [5.74, 6) is -1.78. The Morgan fingerprint density at radius 1 is 1.04 bits per heavy atom. The lowest BCUT2D eigenvalue weighted by Crippen LogP contribution is -2.32. The molecule has 2 amide bonds. The van der Waals surface area contributed by atoms with Crippen LogP contribution in [0.5, 0.6) is 0 Å². The minimum absolute atomic E-state index is 0.272. The van der Waals surface area contributed by atoms with E-state index in [0.29, 0.717) is 20.8 Å². The van der Waals surface area contributed by atoms with Crippen molar-refractivity contribution >= 4 is 69.4 Å². The van der Waals surface area contributed by atoms with Crippen molar-refractivity contribution in [3.63, 3.8) is 0 Å². The number of hydrogen-bond donors (Lipinski definition) is 2. The fourth-order valence-electron chi connectivity index (χ4n) is 1.51. The van der Waals surface area contributed by atoms with E-state index < -0.39 is 11.8 Å². The van der Waals surface area contributed by atoms with Gasteiger partial charge >= 0.3 is 11.8 Å². The molecule has 1 heterocycles. The summed E-state index contributed by atoms with van der Waals surface area (Å²) in [5, 5.41) is 6.88. The van der Waals surface area contributed by atoms with Crippen LogP contribution < -0.4 is 10.7 Å². The predicted octanol–water partition coefficient (Wildman–Crippen LogP) is 4.19. The van der Waals surface area contributed by atoms with E-state index in [2.05, 4.69) is 15.8 Å². The molecule has 9 heteroatoms. The number of carbonyl (C=O) groups is 2. The van der Waals surface area contributed by atoms with E-state index in [1.165, 1.54) is 29.5 Å². The Labute approximate surface area is 151 Å². The summed E-state index contributed by atoms with van der Waals surface area (Å²) in [6.07, 6.45) is 0. The molecule has 0 fully saturated rings. The van der Waals surface area contributed by atoms with E-state index in [4.69, 9.17) is 34.8 Å². The van der Waals surface area contributed by atoms with Crippen molar-refractivity contribution in [2.24, 2.45) is 5.10 Å². The standard InChI is InChI=1S/C14H10Cl3N3O2S/c1-7(11-4-5-12(17)23-11)19-20-14(22)13(21)18-8-2-3-9(15)10(16)6-8/h2-6H,1H3,(H,18,21)(H,20,22)/b19-7+. The summed E-state index contributed by atoms with van der Waals surface area (Å²) in [6.45, 7) is 1.69. The van der Waals surface area contributed by atoms with Crippen molar-refractivity contribution in [3.8, 4) is 0 Å². The van der Waals surface area contributed by atoms with E-state index in [1.807, 2.05) is 0 Å². The third-order valence-corrected chi connectivity index (χ3v) is 4.72. The first kappa shape index (κ1) is 17.7. The number of nitrogens with one attached hydrogen (secondary N) is 2. The summed E-state index contributed by atoms with van der Waals surface area (Å²) < 4.78 is 0.609. The van der Waals surface area contributed by atoms with Crippen LogP contribution in [0.15, 0.2) is 35.4 Å². The van der Waals surface area contributed by atoms with Gasteiger partial charge in [0.05, 0.1) is 25.0 Å². The molecule has 120 valence electrons. The normalized spacial score (nSPS) is 11.2. The molecule has 0 aliphatic rings. The number of hydrazone groups is 1. The second kappa shape index (κ2) is 7.79. The molecule has 1 aromatic heterocycles. The Balaban J connectivity index is 1.97. The van der Waals surface area contributed by atoms with E-state index in [-0.39, 0.29) is 5.02 Å². The number of halogens is 3. The summed E-state index contributed by atoms with van der Waals surface area (Å²) in [6, 6.07) is 7.98. The van der Waals surface area contributed by atoms with Gasteiger partial charge in [0.15, 0.2) is 0 Å². The van der Waals surface area contributed by atoms with Crippen molar-refractivity contribution in [1.29, 1.82) is 0 Å². The third kappa shape index (κ3) is 4.94. The highest BCUT2D eigenvalue weighted by atomic mass is 35.5. The average molecular weight is 391 g/mol. The van der Waals surface area contributed by atoms with Crippen molar-refractivity contribution in [2.45, 2.75) is 6.92 Å². The van der Waals surface area contributed by atoms with Crippen LogP contribution in [0.4, 0.5) is 5.69 Å². The lowest BCUT2D eigenvalue weighted by Gasteiger charge is -2.05. The molecule has 0 atom stereocenters. The van der Waals surface area contributed by atoms with E-state index >= 15 is 0 Å². The molecule has 0 saturated heterocycles. The van der Waals surface area contributed by atoms with Crippen molar-refractivity contribution in [1.82, 2.24) is 5.43 Å². The van der Waals surface area contributed by atoms with Gasteiger partial charge in [-0.25, -0.2) is 5.43 Å². The molecule has 2 rings (SSSR count). The highest BCUT2D eigenvalue weighted by Crippen LogP contribution is 2.25. The molecule has 0 bridgehead atoms. The lowest BCUT2D eigenvalue weighted by molar-refractivity contribution is -0.136. The average Bonchev–Trinajstić information content (AvgIpc) is 2.94. The molecule has 23 heavy (non-hydrogen) atoms. The van der Waals surface area contributed by atoms with Crippen molar-refractivity contribution in [2.75, 3.05) is 5.32 Å². The molecule has 0 aliphatic carbocycles. The molecule has 2 aromatic rings. The van der Waals surface area contributed by atoms with E-state index in [0.717, 1.165) is 4.88 Å². The number of carbonyl (C=O) groups excluding carboxylic acids is 2. The molecule has 0 spiro atoms. The first-order chi connectivity index (χ1) is 10.9. The van der Waals surface area contributed by atoms with Gasteiger partial charge < -0.3 is 5.32 Å². The van der Waals surface area contributed by atoms with Crippen LogP contribution in [0.2, 0.25) is 14.4 Å². The Hall–Kier alpha value is -1.60. The minimum Gasteiger partial charge on any atom is -0.318 e. The molecule has 1 aromatic carbocycles. The SMILES string of the molecule is C/C(=N\NC(=O)C(=O)Nc1ccc(Cl)c(Cl)c1)c1ccc(Cl)s1. The highest BCUT2D eigenvalue weighted by molar-refractivity contribution is 7.18. The molecule has 0 unspecified atom stereocenters. The quantitative estimate of drug-likeness (QED) is 0.469. The van der Waals surface area contributed by atoms with Gasteiger partial charge in [0.25, 0.3) is 0 Å². The molecule has 0 radical (unpaired) electrons. The van der Waals surface area contributed by atoms with Crippen LogP contribution in [-0.2, 0) is 9.59 Å². The number of rotatable bonds is 3. The van der Waals surface area contributed by atoms with Gasteiger partial charge in [-0.15, -0.1) is 11.3 Å². The Bertz CT molecular complexity index is 789. The van der Waals surface area contributed by atoms with Gasteiger partial charge in [-0.1, -0.05) is 34.8 Å². The maximum Gasteiger partial charge on any atom is 0.329 e. The van der Waals surface area contributed by atoms with E-state index in [9.17, 15) is 9.59 Å². The maximum absolute atomic E-state index is 11.8. The van der Waals surface area contributed by atoms with Gasteiger partial charge in [-0.3, -0.25) is 9.59 Å². The largest absolute Gasteiger partial charge is 0.329 e. The van der Waals surface area contributed by atoms with Crippen LogP contribution in [-0.4, -0.2) is 17.5 Å². The second-order valence-electron chi connectivity index (χ2n) is 4.32. The second-order valence-corrected chi connectivity index (χ2v) is 6.85. The minimum atomic E-state index is -0.905. The summed E-state index contributed by atoms with van der Waals surface area (Å²) in [5.41, 5.74) is 3.07. The zero-order valence-corrected chi connectivity index (χ0v) is 14.8. The van der Waals surface area contributed by atoms with Crippen LogP contribution in [0.3, 0.4) is 0 Å². The van der Waals surface area contributed by atoms with Crippen molar-refractivity contribution < 1.29 is 9.59 Å². The van der Waals surface area contributed by atoms with Gasteiger partial charge in [0, 0.05) is 5.69 Å². The lowest BCUT2D eigenvalue weighted by atomic mass is 10.3. The Kier molecular flexibility index (Phi) is 6.01. The predicted molar refractivity (Wildman–Crippen MR) is 94.8 cm³/mol. The van der Waals surface area contributed by atoms with Gasteiger partial charge in [-0.2, -0.15) is 5.10 Å². The third-order valence-electron chi connectivity index (χ3n) is 2.64. The number of hydrogen-bond acceptors (Lipinski definition) is 4. The molecule has 0 aliphatic heterocycles. The first-order valence-corrected chi connectivity index (χ1v) is 8.18. The number of nitrogens with zero attached hydrogens (tertiary/aromatic N) is 1. The topological polar surface area (TPSA) is 70.6 Å².